The van der Waals surface area contributed by atoms with E-state index in [1.165, 1.54) is 18.4 Å². The molecular formula is C19H60B3F3O4PSi4V. The first-order chi connectivity index (χ1) is 15.0. The van der Waals surface area contributed by atoms with Crippen LogP contribution in [-0.4, -0.2) is 75.0 Å². The normalized spacial score (nSPS) is 8.63. The second-order valence-electron chi connectivity index (χ2n) is 6.16. The number of hydrogen-bond donors (Lipinski definition) is 0. The van der Waals surface area contributed by atoms with Crippen molar-refractivity contribution in [3.8, 4) is 0 Å². The van der Waals surface area contributed by atoms with Crippen LogP contribution >= 0.6 is 9.18 Å². The van der Waals surface area contributed by atoms with Crippen molar-refractivity contribution >= 4 is 69.6 Å². The Kier molecular flexibility index (Phi) is 171. The van der Waals surface area contributed by atoms with E-state index < -0.39 is 15.9 Å². The zero-order valence-corrected chi connectivity index (χ0v) is 30.6. The monoisotopic (exact) mass is 638 g/mol. The van der Waals surface area contributed by atoms with Crippen LogP contribution < -0.4 is 0 Å². The average molecular weight is 638 g/mol. The van der Waals surface area contributed by atoms with Crippen LogP contribution in [0.25, 0.3) is 0 Å². The Morgan fingerprint density at radius 2 is 1.37 bits per heavy atom. The summed E-state index contributed by atoms with van der Waals surface area (Å²) < 4.78 is 36.9. The Morgan fingerprint density at radius 3 is 1.51 bits per heavy atom. The average Bonchev–Trinajstić information content (AvgIpc) is 2.72. The minimum atomic E-state index is -1.83. The molecule has 0 aliphatic rings. The molecule has 0 saturated heterocycles. The van der Waals surface area contributed by atoms with Gasteiger partial charge < -0.3 is 8.91 Å². The molecule has 0 saturated carbocycles. The van der Waals surface area contributed by atoms with Gasteiger partial charge in [0, 0.05) is 66.9 Å². The topological polar surface area (TPSA) is 52.6 Å². The molecule has 0 fully saturated rings. The Morgan fingerprint density at radius 1 is 1.09 bits per heavy atom. The van der Waals surface area contributed by atoms with E-state index in [0.29, 0.717) is 18.7 Å². The van der Waals surface area contributed by atoms with Gasteiger partial charge >= 0.3 is 6.92 Å². The summed E-state index contributed by atoms with van der Waals surface area (Å²) in [6.07, 6.45) is -0.372. The van der Waals surface area contributed by atoms with Gasteiger partial charge in [0.15, 0.2) is 0 Å². The SMILES string of the molecule is C.C.C=C(F)F.C=C[SiH2]C.C[SiH2]CCB(C)C.C[SiH2]CCOOB(C)C.C[SiH2]F.O=O.[2HH].[2H]PC.[B].[V]. The van der Waals surface area contributed by atoms with Crippen molar-refractivity contribution in [1.82, 2.24) is 0 Å². The van der Waals surface area contributed by atoms with Gasteiger partial charge in [-0.15, -0.1) is 21.5 Å². The largest absolute Gasteiger partial charge is 0.334 e. The van der Waals surface area contributed by atoms with Crippen LogP contribution in [0.4, 0.5) is 12.9 Å². The summed E-state index contributed by atoms with van der Waals surface area (Å²) >= 11 is 0. The quantitative estimate of drug-likeness (QED) is 0.0811. The molecule has 0 aromatic rings. The first-order valence-electron chi connectivity index (χ1n) is 11.2. The van der Waals surface area contributed by atoms with Gasteiger partial charge in [-0.05, 0) is 19.2 Å². The molecule has 0 rings (SSSR count). The van der Waals surface area contributed by atoms with E-state index in [4.69, 9.17) is 20.9 Å². The molecule has 0 bridgehead atoms. The molecule has 216 valence electrons. The van der Waals surface area contributed by atoms with Gasteiger partial charge in [0.1, 0.15) is 6.71 Å². The summed E-state index contributed by atoms with van der Waals surface area (Å²) in [5.41, 5.74) is 2.01. The van der Waals surface area contributed by atoms with E-state index in [1.807, 2.05) is 26.0 Å². The maximum atomic E-state index is 10.4. The minimum absolute atomic E-state index is 0. The number of hydrogen-bond acceptors (Lipinski definition) is 4. The van der Waals surface area contributed by atoms with Gasteiger partial charge in [0.2, 0.25) is 9.85 Å². The van der Waals surface area contributed by atoms with Crippen molar-refractivity contribution in [2.75, 3.05) is 13.3 Å². The number of rotatable bonds is 9. The molecule has 0 aliphatic heterocycles. The second-order valence-corrected chi connectivity index (χ2v) is 11.5. The van der Waals surface area contributed by atoms with Crippen molar-refractivity contribution in [2.24, 2.45) is 0 Å². The summed E-state index contributed by atoms with van der Waals surface area (Å²) in [5.74, 6) is 0. The molecule has 16 heteroatoms. The Balaban J connectivity index is -0.0000000203. The van der Waals surface area contributed by atoms with E-state index in [2.05, 4.69) is 46.4 Å². The fourth-order valence-corrected chi connectivity index (χ4v) is 2.63. The molecule has 1 atom stereocenters. The molecule has 1 unspecified atom stereocenters. The van der Waals surface area contributed by atoms with Gasteiger partial charge in [-0.3, -0.25) is 4.89 Å². The van der Waals surface area contributed by atoms with Gasteiger partial charge in [0.05, 0.1) is 7.89 Å². The molecule has 0 heterocycles. The first-order valence-corrected chi connectivity index (χ1v) is 20.7. The fourth-order valence-electron chi connectivity index (χ4n) is 1.000. The molecule has 0 amide bonds. The number of halogens is 3. The summed E-state index contributed by atoms with van der Waals surface area (Å²) in [6.45, 7) is 26.4. The predicted octanol–water partition coefficient (Wildman–Crippen LogP) is 5.72. The zero-order chi connectivity index (χ0) is 27.2. The van der Waals surface area contributed by atoms with Gasteiger partial charge in [-0.2, -0.15) is 8.78 Å². The van der Waals surface area contributed by atoms with Crippen molar-refractivity contribution in [3.05, 3.63) is 34.9 Å². The standard InChI is InChI=1S/C5H15BO2Si.C5H15BSi.C3H8Si.C2H2F2.CH5FSi.CH5P.2CH4.B.O2.V.H2/c1-6(2)8-7-4-5-9-3;1-6(2)4-5-7-3;1-3-4-2;1-2(3)4;1-3-2;1-2;;;;1-2;;/h4-5,9H2,1-3H3;4-5,7H2,1-3H3;3H,1,4H2,2H3;1H2;3H2,1H3;2H2,1H3;2*1H4;;;;1H/i;;;;;2D;;;;;;1+1. The molecular weight excluding hydrogens is 576 g/mol. The summed E-state index contributed by atoms with van der Waals surface area (Å²) in [6, 6.07) is 2.75. The third-order valence-electron chi connectivity index (χ3n) is 2.27. The molecule has 35 heavy (non-hydrogen) atoms. The predicted molar refractivity (Wildman–Crippen MR) is 180 cm³/mol. The minimum Gasteiger partial charge on any atom is -0.323 e. The molecule has 0 aliphatic carbocycles. The molecule has 0 aromatic carbocycles. The Bertz CT molecular complexity index is 325. The van der Waals surface area contributed by atoms with Gasteiger partial charge in [0.25, 0.3) is 6.08 Å². The van der Waals surface area contributed by atoms with Crippen LogP contribution in [0, 0.1) is 9.93 Å². The van der Waals surface area contributed by atoms with E-state index in [9.17, 15) is 12.9 Å². The third-order valence-corrected chi connectivity index (χ3v) is 4.95. The van der Waals surface area contributed by atoms with Crippen molar-refractivity contribution in [2.45, 2.75) is 86.7 Å². The van der Waals surface area contributed by atoms with Crippen molar-refractivity contribution in [3.63, 3.8) is 0 Å². The van der Waals surface area contributed by atoms with Crippen LogP contribution in [0.1, 0.15) is 16.3 Å². The summed E-state index contributed by atoms with van der Waals surface area (Å²) in [5, 5.41) is 0. The van der Waals surface area contributed by atoms with E-state index in [0.717, 1.165) is 13.3 Å². The van der Waals surface area contributed by atoms with Gasteiger partial charge in [-0.25, -0.2) is 0 Å². The molecule has 4 radical (unpaired) electrons. The van der Waals surface area contributed by atoms with Crippen LogP contribution in [0.3, 0.4) is 0 Å². The zero-order valence-electron chi connectivity index (χ0n) is 23.6. The Hall–Kier alpha value is 0.867. The van der Waals surface area contributed by atoms with E-state index >= 15 is 0 Å². The molecule has 0 N–H and O–H groups in total. The second kappa shape index (κ2) is 91.8. The van der Waals surface area contributed by atoms with Crippen LogP contribution in [0.15, 0.2) is 24.9 Å². The van der Waals surface area contributed by atoms with E-state index in [-0.39, 0.29) is 69.2 Å². The smallest absolute Gasteiger partial charge is 0.323 e. The molecule has 0 aromatic heterocycles. The van der Waals surface area contributed by atoms with Crippen molar-refractivity contribution < 1.29 is 42.6 Å². The maximum Gasteiger partial charge on any atom is 0.334 e. The van der Waals surface area contributed by atoms with Crippen LogP contribution in [0.2, 0.25) is 71.9 Å². The molecule has 0 spiro atoms. The third kappa shape index (κ3) is 267. The van der Waals surface area contributed by atoms with Crippen molar-refractivity contribution in [1.29, 1.82) is 1.28 Å². The summed E-state index contributed by atoms with van der Waals surface area (Å²) in [7, 11) is -0.0264. The van der Waals surface area contributed by atoms with Gasteiger partial charge in [-0.1, -0.05) is 80.8 Å². The fraction of sp³-hybridized carbons (Fsp3) is 0.789. The Labute approximate surface area is 247 Å². The summed E-state index contributed by atoms with van der Waals surface area (Å²) in [4.78, 5) is 23.7. The van der Waals surface area contributed by atoms with Crippen LogP contribution in [0.5, 0.6) is 0 Å². The first kappa shape index (κ1) is 65.2. The van der Waals surface area contributed by atoms with Crippen LogP contribution in [-0.2, 0) is 28.2 Å². The maximum absolute atomic E-state index is 10.4. The van der Waals surface area contributed by atoms with E-state index in [1.54, 1.807) is 6.55 Å². The molecule has 4 nitrogen and oxygen atoms in total.